The maximum atomic E-state index is 12.5. The molecule has 0 unspecified atom stereocenters. The smallest absolute Gasteiger partial charge is 0.248 e. The van der Waals surface area contributed by atoms with E-state index in [4.69, 9.17) is 4.74 Å². The first-order chi connectivity index (χ1) is 14.3. The van der Waals surface area contributed by atoms with Gasteiger partial charge < -0.3 is 10.1 Å². The summed E-state index contributed by atoms with van der Waals surface area (Å²) in [7, 11) is 0.638. The molecule has 0 saturated heterocycles. The van der Waals surface area contributed by atoms with Gasteiger partial charge in [-0.1, -0.05) is 30.3 Å². The van der Waals surface area contributed by atoms with E-state index in [-0.39, 0.29) is 16.6 Å². The molecule has 8 heteroatoms. The zero-order chi connectivity index (χ0) is 21.7. The molecule has 0 aliphatic heterocycles. The molecule has 30 heavy (non-hydrogen) atoms. The summed E-state index contributed by atoms with van der Waals surface area (Å²) in [6, 6.07) is 16.3. The van der Waals surface area contributed by atoms with Gasteiger partial charge in [-0.05, 0) is 41.3 Å². The number of nitrogens with one attached hydrogen (secondary N) is 1. The lowest BCUT2D eigenvalue weighted by Crippen LogP contribution is -2.22. The van der Waals surface area contributed by atoms with Gasteiger partial charge in [-0.2, -0.15) is 0 Å². The van der Waals surface area contributed by atoms with Crippen LogP contribution in [0.3, 0.4) is 0 Å². The highest BCUT2D eigenvalue weighted by Gasteiger charge is 2.22. The maximum absolute atomic E-state index is 12.5. The van der Waals surface area contributed by atoms with E-state index in [2.05, 4.69) is 5.32 Å². The molecule has 3 rings (SSSR count). The zero-order valence-corrected chi connectivity index (χ0v) is 18.5. The molecule has 0 radical (unpaired) electrons. The predicted molar refractivity (Wildman–Crippen MR) is 121 cm³/mol. The van der Waals surface area contributed by atoms with Crippen LogP contribution in [0.5, 0.6) is 5.75 Å². The third kappa shape index (κ3) is 4.79. The van der Waals surface area contributed by atoms with E-state index >= 15 is 0 Å². The Morgan fingerprint density at radius 2 is 1.87 bits per heavy atom. The zero-order valence-electron chi connectivity index (χ0n) is 16.8. The summed E-state index contributed by atoms with van der Waals surface area (Å²) < 4.78 is 31.4. The molecule has 0 aliphatic rings. The van der Waals surface area contributed by atoms with E-state index < -0.39 is 10.0 Å². The fraction of sp³-hybridized carbons (Fsp3) is 0.136. The monoisotopic (exact) mass is 442 g/mol. The van der Waals surface area contributed by atoms with Crippen molar-refractivity contribution in [1.82, 2.24) is 4.31 Å². The van der Waals surface area contributed by atoms with Gasteiger partial charge in [-0.15, -0.1) is 11.3 Å². The van der Waals surface area contributed by atoms with Crippen molar-refractivity contribution in [2.24, 2.45) is 0 Å². The second-order valence-corrected chi connectivity index (χ2v) is 9.61. The average molecular weight is 443 g/mol. The SMILES string of the molecule is COc1ccc(/C=C/C(=O)Nc2ccccc2-c2cccs2)cc1S(=O)(=O)N(C)C. The van der Waals surface area contributed by atoms with E-state index in [9.17, 15) is 13.2 Å². The van der Waals surface area contributed by atoms with Crippen LogP contribution in [0.1, 0.15) is 5.56 Å². The number of carbonyl (C=O) groups excluding carboxylic acids is 1. The molecule has 0 saturated carbocycles. The van der Waals surface area contributed by atoms with Gasteiger partial charge in [0, 0.05) is 36.3 Å². The minimum absolute atomic E-state index is 0.0422. The second-order valence-electron chi connectivity index (χ2n) is 6.54. The van der Waals surface area contributed by atoms with Crippen molar-refractivity contribution in [1.29, 1.82) is 0 Å². The van der Waals surface area contributed by atoms with Gasteiger partial charge >= 0.3 is 0 Å². The summed E-state index contributed by atoms with van der Waals surface area (Å²) in [6.07, 6.45) is 2.94. The standard InChI is InChI=1S/C22H22N2O4S2/c1-24(2)30(26,27)21-15-16(10-12-19(21)28-3)11-13-22(25)23-18-8-5-4-7-17(18)20-9-6-14-29-20/h4-15H,1-3H3,(H,23,25)/b13-11+. The summed E-state index contributed by atoms with van der Waals surface area (Å²) in [5, 5.41) is 4.87. The number of nitrogens with zero attached hydrogens (tertiary/aromatic N) is 1. The van der Waals surface area contributed by atoms with Gasteiger partial charge in [0.25, 0.3) is 0 Å². The second kappa shape index (κ2) is 9.25. The molecule has 1 amide bonds. The number of para-hydroxylation sites is 1. The molecule has 1 heterocycles. The molecule has 156 valence electrons. The highest BCUT2D eigenvalue weighted by Crippen LogP contribution is 2.31. The number of hydrogen-bond donors (Lipinski definition) is 1. The summed E-state index contributed by atoms with van der Waals surface area (Å²) in [5.41, 5.74) is 2.22. The largest absolute Gasteiger partial charge is 0.495 e. The first-order valence-electron chi connectivity index (χ1n) is 9.05. The third-order valence-corrected chi connectivity index (χ3v) is 7.08. The van der Waals surface area contributed by atoms with Gasteiger partial charge in [0.05, 0.1) is 7.11 Å². The van der Waals surface area contributed by atoms with E-state index in [0.717, 1.165) is 14.7 Å². The number of ether oxygens (including phenoxy) is 1. The molecule has 0 fully saturated rings. The molecular formula is C22H22N2O4S2. The third-order valence-electron chi connectivity index (χ3n) is 4.35. The van der Waals surface area contributed by atoms with Gasteiger partial charge in [0.15, 0.2) is 0 Å². The lowest BCUT2D eigenvalue weighted by molar-refractivity contribution is -0.111. The molecule has 0 bridgehead atoms. The van der Waals surface area contributed by atoms with Gasteiger partial charge in [0.2, 0.25) is 15.9 Å². The summed E-state index contributed by atoms with van der Waals surface area (Å²) in [5.74, 6) is -0.0676. The normalized spacial score (nSPS) is 11.7. The number of methoxy groups -OCH3 is 1. The fourth-order valence-corrected chi connectivity index (χ4v) is 4.63. The van der Waals surface area contributed by atoms with Crippen molar-refractivity contribution in [2.75, 3.05) is 26.5 Å². The van der Waals surface area contributed by atoms with E-state index in [0.29, 0.717) is 11.3 Å². The number of benzene rings is 2. The number of carbonyl (C=O) groups is 1. The Morgan fingerprint density at radius 3 is 2.53 bits per heavy atom. The number of anilines is 1. The lowest BCUT2D eigenvalue weighted by Gasteiger charge is -2.15. The number of amides is 1. The van der Waals surface area contributed by atoms with E-state index in [1.807, 2.05) is 41.8 Å². The molecule has 0 spiro atoms. The molecular weight excluding hydrogens is 420 g/mol. The van der Waals surface area contributed by atoms with Crippen molar-refractivity contribution in [3.8, 4) is 16.2 Å². The maximum Gasteiger partial charge on any atom is 0.248 e. The van der Waals surface area contributed by atoms with Crippen LogP contribution in [0.2, 0.25) is 0 Å². The van der Waals surface area contributed by atoms with Crippen LogP contribution in [0.4, 0.5) is 5.69 Å². The first kappa shape index (κ1) is 21.8. The Hall–Kier alpha value is -2.94. The van der Waals surface area contributed by atoms with Gasteiger partial charge in [-0.25, -0.2) is 12.7 Å². The summed E-state index contributed by atoms with van der Waals surface area (Å²) in [4.78, 5) is 13.6. The Labute approximate surface area is 180 Å². The number of sulfonamides is 1. The minimum atomic E-state index is -3.68. The van der Waals surface area contributed by atoms with Crippen molar-refractivity contribution < 1.29 is 17.9 Å². The molecule has 3 aromatic rings. The van der Waals surface area contributed by atoms with Crippen LogP contribution in [0.15, 0.2) is 70.9 Å². The van der Waals surface area contributed by atoms with E-state index in [1.54, 1.807) is 29.5 Å². The Morgan fingerprint density at radius 1 is 1.10 bits per heavy atom. The Bertz CT molecular complexity index is 1170. The summed E-state index contributed by atoms with van der Waals surface area (Å²) >= 11 is 1.60. The number of rotatable bonds is 7. The topological polar surface area (TPSA) is 75.7 Å². The fourth-order valence-electron chi connectivity index (χ4n) is 2.78. The van der Waals surface area contributed by atoms with Gasteiger partial charge in [-0.3, -0.25) is 4.79 Å². The highest BCUT2D eigenvalue weighted by atomic mass is 32.2. The predicted octanol–water partition coefficient (Wildman–Crippen LogP) is 4.33. The molecule has 2 aromatic carbocycles. The van der Waals surface area contributed by atoms with Crippen LogP contribution in [0, 0.1) is 0 Å². The van der Waals surface area contributed by atoms with Crippen LogP contribution in [0.25, 0.3) is 16.5 Å². The molecule has 0 aliphatic carbocycles. The van der Waals surface area contributed by atoms with Crippen LogP contribution >= 0.6 is 11.3 Å². The molecule has 1 N–H and O–H groups in total. The Kier molecular flexibility index (Phi) is 6.71. The molecule has 0 atom stereocenters. The average Bonchev–Trinajstić information content (AvgIpc) is 3.27. The minimum Gasteiger partial charge on any atom is -0.495 e. The van der Waals surface area contributed by atoms with Crippen LogP contribution in [-0.2, 0) is 14.8 Å². The van der Waals surface area contributed by atoms with Gasteiger partial charge in [0.1, 0.15) is 10.6 Å². The van der Waals surface area contributed by atoms with Crippen molar-refractivity contribution >= 4 is 39.0 Å². The highest BCUT2D eigenvalue weighted by molar-refractivity contribution is 7.89. The Balaban J connectivity index is 1.83. The number of hydrogen-bond acceptors (Lipinski definition) is 5. The number of thiophene rings is 1. The van der Waals surface area contributed by atoms with Crippen molar-refractivity contribution in [2.45, 2.75) is 4.90 Å². The van der Waals surface area contributed by atoms with Crippen molar-refractivity contribution in [3.05, 3.63) is 71.6 Å². The van der Waals surface area contributed by atoms with Crippen LogP contribution in [-0.4, -0.2) is 39.8 Å². The quantitative estimate of drug-likeness (QED) is 0.553. The lowest BCUT2D eigenvalue weighted by atomic mass is 10.1. The van der Waals surface area contributed by atoms with E-state index in [1.165, 1.54) is 33.3 Å². The van der Waals surface area contributed by atoms with Crippen molar-refractivity contribution in [3.63, 3.8) is 0 Å². The molecule has 1 aromatic heterocycles. The molecule has 6 nitrogen and oxygen atoms in total. The summed E-state index contributed by atoms with van der Waals surface area (Å²) in [6.45, 7) is 0. The van der Waals surface area contributed by atoms with Crippen LogP contribution < -0.4 is 10.1 Å². The first-order valence-corrected chi connectivity index (χ1v) is 11.4.